The van der Waals surface area contributed by atoms with Crippen molar-refractivity contribution in [2.75, 3.05) is 32.2 Å². The lowest BCUT2D eigenvalue weighted by Gasteiger charge is -2.15. The number of rotatable bonds is 9. The molecule has 0 bridgehead atoms. The fourth-order valence-electron chi connectivity index (χ4n) is 3.88. The predicted molar refractivity (Wildman–Crippen MR) is 125 cm³/mol. The molecule has 164 valence electrons. The summed E-state index contributed by atoms with van der Waals surface area (Å²) in [6.07, 6.45) is 0.575. The zero-order valence-corrected chi connectivity index (χ0v) is 18.3. The zero-order valence-electron chi connectivity index (χ0n) is 18.3. The summed E-state index contributed by atoms with van der Waals surface area (Å²) in [5, 5.41) is 5.31. The lowest BCUT2D eigenvalue weighted by atomic mass is 10.0. The van der Waals surface area contributed by atoms with E-state index in [0.29, 0.717) is 43.1 Å². The number of amides is 2. The molecule has 3 aromatic carbocycles. The highest BCUT2D eigenvalue weighted by Crippen LogP contribution is 2.33. The molecule has 4 rings (SSSR count). The number of hydrogen-bond donors (Lipinski definition) is 1. The van der Waals surface area contributed by atoms with Gasteiger partial charge in [-0.15, -0.1) is 0 Å². The number of nitrogens with one attached hydrogen (secondary N) is 1. The Bertz CT molecular complexity index is 1160. The number of carbonyl (C=O) groups excluding carboxylic acids is 2. The lowest BCUT2D eigenvalue weighted by molar-refractivity contribution is -0.136. The van der Waals surface area contributed by atoms with Gasteiger partial charge in [0.05, 0.1) is 12.2 Å². The molecule has 3 aromatic rings. The molecule has 6 heteroatoms. The average molecular weight is 431 g/mol. The molecule has 0 saturated heterocycles. The molecule has 0 saturated carbocycles. The van der Waals surface area contributed by atoms with Crippen molar-refractivity contribution in [3.8, 4) is 5.75 Å². The van der Waals surface area contributed by atoms with Gasteiger partial charge in [0.25, 0.3) is 11.8 Å². The molecule has 6 nitrogen and oxygen atoms in total. The quantitative estimate of drug-likeness (QED) is 0.401. The second-order valence-corrected chi connectivity index (χ2v) is 7.47. The molecular formula is C26H26N2O4. The highest BCUT2D eigenvalue weighted by Gasteiger charge is 2.39. The molecule has 0 aliphatic carbocycles. The Kier molecular flexibility index (Phi) is 6.52. The fraction of sp³-hybridized carbons (Fsp3) is 0.231. The lowest BCUT2D eigenvalue weighted by Crippen LogP contribution is -2.33. The summed E-state index contributed by atoms with van der Waals surface area (Å²) >= 11 is 0. The molecule has 1 aliphatic rings. The Morgan fingerprint density at radius 2 is 1.66 bits per heavy atom. The Balaban J connectivity index is 1.75. The molecule has 2 amide bonds. The van der Waals surface area contributed by atoms with Crippen LogP contribution in [-0.2, 0) is 14.3 Å². The van der Waals surface area contributed by atoms with Crippen LogP contribution >= 0.6 is 0 Å². The molecule has 1 aliphatic heterocycles. The smallest absolute Gasteiger partial charge is 0.278 e. The van der Waals surface area contributed by atoms with Gasteiger partial charge in [-0.3, -0.25) is 14.5 Å². The largest absolute Gasteiger partial charge is 0.494 e. The van der Waals surface area contributed by atoms with Gasteiger partial charge in [0.15, 0.2) is 0 Å². The van der Waals surface area contributed by atoms with Gasteiger partial charge in [-0.1, -0.05) is 48.5 Å². The highest BCUT2D eigenvalue weighted by atomic mass is 16.5. The molecular weight excluding hydrogens is 404 g/mol. The molecule has 1 N–H and O–H groups in total. The van der Waals surface area contributed by atoms with Crippen LogP contribution in [0, 0.1) is 0 Å². The standard InChI is InChI=1S/C26H26N2O4/c1-3-32-20-14-12-19(13-15-20)23-24(26(30)28(25(23)29)16-7-17-31-2)27-22-11-6-9-18-8-4-5-10-21(18)22/h4-6,8-15,27H,3,7,16-17H2,1-2H3. The van der Waals surface area contributed by atoms with E-state index in [-0.39, 0.29) is 17.5 Å². The molecule has 1 heterocycles. The number of benzene rings is 3. The van der Waals surface area contributed by atoms with Gasteiger partial charge in [-0.25, -0.2) is 0 Å². The minimum atomic E-state index is -0.331. The Morgan fingerprint density at radius 1 is 0.906 bits per heavy atom. The predicted octanol–water partition coefficient (Wildman–Crippen LogP) is 4.47. The Labute approximate surface area is 187 Å². The first-order chi connectivity index (χ1) is 15.6. The van der Waals surface area contributed by atoms with Crippen molar-refractivity contribution in [3.05, 3.63) is 78.0 Å². The molecule has 0 spiro atoms. The number of nitrogens with zero attached hydrogens (tertiary/aromatic N) is 1. The molecule has 0 fully saturated rings. The first kappa shape index (κ1) is 21.6. The molecule has 0 unspecified atom stereocenters. The summed E-state index contributed by atoms with van der Waals surface area (Å²) in [5.74, 6) is 0.0788. The van der Waals surface area contributed by atoms with E-state index < -0.39 is 0 Å². The van der Waals surface area contributed by atoms with Crippen LogP contribution in [-0.4, -0.2) is 43.6 Å². The van der Waals surface area contributed by atoms with Crippen LogP contribution in [0.1, 0.15) is 18.9 Å². The number of imide groups is 1. The molecule has 0 atom stereocenters. The summed E-state index contributed by atoms with van der Waals surface area (Å²) in [4.78, 5) is 27.9. The third-order valence-corrected chi connectivity index (χ3v) is 5.40. The summed E-state index contributed by atoms with van der Waals surface area (Å²) in [6.45, 7) is 3.24. The van der Waals surface area contributed by atoms with Crippen molar-refractivity contribution in [3.63, 3.8) is 0 Å². The van der Waals surface area contributed by atoms with E-state index >= 15 is 0 Å². The minimum absolute atomic E-state index is 0.285. The van der Waals surface area contributed by atoms with Crippen LogP contribution in [0.5, 0.6) is 5.75 Å². The molecule has 32 heavy (non-hydrogen) atoms. The van der Waals surface area contributed by atoms with Gasteiger partial charge in [-0.2, -0.15) is 0 Å². The van der Waals surface area contributed by atoms with Gasteiger partial charge in [0.2, 0.25) is 0 Å². The molecule has 0 radical (unpaired) electrons. The van der Waals surface area contributed by atoms with E-state index in [2.05, 4.69) is 5.32 Å². The van der Waals surface area contributed by atoms with Crippen LogP contribution in [0.4, 0.5) is 5.69 Å². The Hall–Kier alpha value is -3.64. The number of hydrogen-bond acceptors (Lipinski definition) is 5. The van der Waals surface area contributed by atoms with Gasteiger partial charge in [0, 0.05) is 31.3 Å². The minimum Gasteiger partial charge on any atom is -0.494 e. The first-order valence-electron chi connectivity index (χ1n) is 10.7. The zero-order chi connectivity index (χ0) is 22.5. The number of methoxy groups -OCH3 is 1. The van der Waals surface area contributed by atoms with Crippen LogP contribution in [0.15, 0.2) is 72.4 Å². The summed E-state index contributed by atoms with van der Waals surface area (Å²) in [5.41, 5.74) is 2.10. The maximum absolute atomic E-state index is 13.3. The van der Waals surface area contributed by atoms with E-state index in [1.165, 1.54) is 4.90 Å². The molecule has 0 aromatic heterocycles. The Morgan fingerprint density at radius 3 is 2.41 bits per heavy atom. The van der Waals surface area contributed by atoms with Crippen molar-refractivity contribution >= 4 is 33.8 Å². The van der Waals surface area contributed by atoms with E-state index in [1.807, 2.05) is 73.7 Å². The second kappa shape index (κ2) is 9.66. The first-order valence-corrected chi connectivity index (χ1v) is 10.7. The van der Waals surface area contributed by atoms with Crippen LogP contribution in [0.25, 0.3) is 16.3 Å². The third-order valence-electron chi connectivity index (χ3n) is 5.40. The van der Waals surface area contributed by atoms with Gasteiger partial charge in [0.1, 0.15) is 11.4 Å². The fourth-order valence-corrected chi connectivity index (χ4v) is 3.88. The highest BCUT2D eigenvalue weighted by molar-refractivity contribution is 6.36. The number of ether oxygens (including phenoxy) is 2. The van der Waals surface area contributed by atoms with Crippen molar-refractivity contribution in [1.82, 2.24) is 4.90 Å². The van der Waals surface area contributed by atoms with Crippen molar-refractivity contribution < 1.29 is 19.1 Å². The van der Waals surface area contributed by atoms with Crippen LogP contribution < -0.4 is 10.1 Å². The van der Waals surface area contributed by atoms with Crippen molar-refractivity contribution in [2.45, 2.75) is 13.3 Å². The van der Waals surface area contributed by atoms with Gasteiger partial charge >= 0.3 is 0 Å². The average Bonchev–Trinajstić information content (AvgIpc) is 3.04. The van der Waals surface area contributed by atoms with Crippen LogP contribution in [0.2, 0.25) is 0 Å². The van der Waals surface area contributed by atoms with Crippen molar-refractivity contribution in [2.24, 2.45) is 0 Å². The third kappa shape index (κ3) is 4.22. The second-order valence-electron chi connectivity index (χ2n) is 7.47. The maximum atomic E-state index is 13.3. The normalized spacial score (nSPS) is 13.9. The van der Waals surface area contributed by atoms with E-state index in [9.17, 15) is 9.59 Å². The van der Waals surface area contributed by atoms with Crippen LogP contribution in [0.3, 0.4) is 0 Å². The van der Waals surface area contributed by atoms with E-state index in [4.69, 9.17) is 9.47 Å². The van der Waals surface area contributed by atoms with E-state index in [0.717, 1.165) is 16.5 Å². The number of carbonyl (C=O) groups is 2. The van der Waals surface area contributed by atoms with Gasteiger partial charge in [-0.05, 0) is 42.5 Å². The summed E-state index contributed by atoms with van der Waals surface area (Å²) in [6, 6.07) is 21.0. The number of anilines is 1. The maximum Gasteiger partial charge on any atom is 0.278 e. The van der Waals surface area contributed by atoms with E-state index in [1.54, 1.807) is 7.11 Å². The summed E-state index contributed by atoms with van der Waals surface area (Å²) < 4.78 is 10.6. The summed E-state index contributed by atoms with van der Waals surface area (Å²) in [7, 11) is 1.60. The number of fused-ring (bicyclic) bond motifs is 1. The van der Waals surface area contributed by atoms with Crippen molar-refractivity contribution in [1.29, 1.82) is 0 Å². The van der Waals surface area contributed by atoms with Gasteiger partial charge < -0.3 is 14.8 Å². The SMILES string of the molecule is CCOc1ccc(C2=C(Nc3cccc4ccccc34)C(=O)N(CCCOC)C2=O)cc1. The monoisotopic (exact) mass is 430 g/mol. The topological polar surface area (TPSA) is 67.9 Å².